The van der Waals surface area contributed by atoms with Gasteiger partial charge in [-0.25, -0.2) is 4.98 Å². The van der Waals surface area contributed by atoms with E-state index in [9.17, 15) is 22.8 Å². The van der Waals surface area contributed by atoms with Crippen molar-refractivity contribution < 1.29 is 22.7 Å². The Morgan fingerprint density at radius 3 is 2.71 bits per heavy atom. The molecule has 3 rings (SSSR count). The summed E-state index contributed by atoms with van der Waals surface area (Å²) in [4.78, 5) is 28.3. The summed E-state index contributed by atoms with van der Waals surface area (Å²) in [5.74, 6) is -0.0523. The van der Waals surface area contributed by atoms with Gasteiger partial charge in [0.2, 0.25) is 5.91 Å². The molecular weight excluding hydrogens is 395 g/mol. The number of halogens is 3. The molecule has 0 aliphatic heterocycles. The largest absolute Gasteiger partial charge is 0.496 e. The first kappa shape index (κ1) is 19.6. The molecule has 0 radical (unpaired) electrons. The van der Waals surface area contributed by atoms with E-state index in [4.69, 9.17) is 4.74 Å². The number of methoxy groups -OCH3 is 1. The van der Waals surface area contributed by atoms with Crippen LogP contribution < -0.4 is 15.6 Å². The number of aromatic nitrogens is 2. The molecule has 0 spiro atoms. The van der Waals surface area contributed by atoms with E-state index < -0.39 is 29.8 Å². The Morgan fingerprint density at radius 1 is 1.25 bits per heavy atom. The normalized spacial score (nSPS) is 11.3. The van der Waals surface area contributed by atoms with Crippen molar-refractivity contribution >= 4 is 22.4 Å². The van der Waals surface area contributed by atoms with Gasteiger partial charge in [-0.2, -0.15) is 13.2 Å². The molecule has 0 aliphatic carbocycles. The van der Waals surface area contributed by atoms with Gasteiger partial charge in [0.25, 0.3) is 5.56 Å². The second-order valence-electron chi connectivity index (χ2n) is 5.64. The molecule has 0 saturated heterocycles. The molecule has 3 aromatic rings. The van der Waals surface area contributed by atoms with Crippen LogP contribution >= 0.6 is 11.3 Å². The Balaban J connectivity index is 1.75. The molecule has 0 aliphatic rings. The van der Waals surface area contributed by atoms with Crippen LogP contribution in [0.5, 0.6) is 5.75 Å². The zero-order valence-electron chi connectivity index (χ0n) is 14.5. The summed E-state index contributed by atoms with van der Waals surface area (Å²) in [6.45, 7) is -0.563. The van der Waals surface area contributed by atoms with Crippen molar-refractivity contribution in [2.24, 2.45) is 0 Å². The number of nitrogens with zero attached hydrogens (tertiary/aromatic N) is 2. The number of pyridine rings is 1. The monoisotopic (exact) mass is 409 g/mol. The molecule has 0 bridgehead atoms. The van der Waals surface area contributed by atoms with E-state index in [1.54, 1.807) is 11.4 Å². The number of carbonyl (C=O) groups is 1. The maximum absolute atomic E-state index is 12.8. The minimum atomic E-state index is -4.78. The number of thiazole rings is 1. The highest BCUT2D eigenvalue weighted by Crippen LogP contribution is 2.31. The van der Waals surface area contributed by atoms with Crippen LogP contribution in [0.1, 0.15) is 5.56 Å². The van der Waals surface area contributed by atoms with Crippen molar-refractivity contribution in [2.75, 3.05) is 12.4 Å². The van der Waals surface area contributed by atoms with Crippen LogP contribution in [0.25, 0.3) is 11.3 Å². The summed E-state index contributed by atoms with van der Waals surface area (Å²) in [7, 11) is 1.53. The number of nitrogens with one attached hydrogen (secondary N) is 1. The molecule has 146 valence electrons. The van der Waals surface area contributed by atoms with Crippen LogP contribution in [0.4, 0.5) is 18.3 Å². The molecule has 28 heavy (non-hydrogen) atoms. The number of amides is 1. The third-order valence-corrected chi connectivity index (χ3v) is 4.53. The lowest BCUT2D eigenvalue weighted by Gasteiger charge is -2.09. The average Bonchev–Trinajstić information content (AvgIpc) is 3.10. The molecule has 2 heterocycles. The van der Waals surface area contributed by atoms with Crippen LogP contribution in [0.3, 0.4) is 0 Å². The lowest BCUT2D eigenvalue weighted by molar-refractivity contribution is -0.139. The van der Waals surface area contributed by atoms with Gasteiger partial charge in [0.15, 0.2) is 5.13 Å². The van der Waals surface area contributed by atoms with Crippen LogP contribution in [0, 0.1) is 0 Å². The maximum atomic E-state index is 12.8. The van der Waals surface area contributed by atoms with E-state index in [1.165, 1.54) is 7.11 Å². The molecule has 0 unspecified atom stereocenters. The fraction of sp³-hybridized carbons (Fsp3) is 0.167. The lowest BCUT2D eigenvalue weighted by atomic mass is 10.1. The number of benzene rings is 1. The summed E-state index contributed by atoms with van der Waals surface area (Å²) in [5, 5.41) is 4.46. The Bertz CT molecular complexity index is 1060. The molecule has 0 saturated carbocycles. The third-order valence-electron chi connectivity index (χ3n) is 3.77. The number of hydrogen-bond donors (Lipinski definition) is 1. The third kappa shape index (κ3) is 4.22. The zero-order valence-corrected chi connectivity index (χ0v) is 15.3. The van der Waals surface area contributed by atoms with Crippen molar-refractivity contribution in [2.45, 2.75) is 12.7 Å². The quantitative estimate of drug-likeness (QED) is 0.698. The van der Waals surface area contributed by atoms with Gasteiger partial charge in [-0.3, -0.25) is 9.59 Å². The van der Waals surface area contributed by atoms with Gasteiger partial charge in [0.1, 0.15) is 17.9 Å². The van der Waals surface area contributed by atoms with E-state index in [-0.39, 0.29) is 5.13 Å². The summed E-state index contributed by atoms with van der Waals surface area (Å²) in [6.07, 6.45) is -3.66. The van der Waals surface area contributed by atoms with Gasteiger partial charge >= 0.3 is 6.18 Å². The van der Waals surface area contributed by atoms with E-state index in [0.29, 0.717) is 22.1 Å². The second-order valence-corrected chi connectivity index (χ2v) is 6.50. The summed E-state index contributed by atoms with van der Waals surface area (Å²) in [6, 6.07) is 8.95. The Labute approximate surface area is 161 Å². The highest BCUT2D eigenvalue weighted by Gasteiger charge is 2.34. The van der Waals surface area contributed by atoms with Crippen LogP contribution in [0.15, 0.2) is 52.8 Å². The standard InChI is InChI=1S/C18H14F3N3O3S/c1-27-14-7-3-2-5-11(14)13-10-28-17(22-13)23-15(25)9-24-8-4-6-12(16(24)26)18(19,20)21/h2-8,10H,9H2,1H3,(H,22,23,25). The Morgan fingerprint density at radius 2 is 2.00 bits per heavy atom. The van der Waals surface area contributed by atoms with E-state index in [0.717, 1.165) is 29.2 Å². The van der Waals surface area contributed by atoms with Crippen molar-refractivity contribution in [3.8, 4) is 17.0 Å². The Hall–Kier alpha value is -3.14. The Kier molecular flexibility index (Phi) is 5.50. The molecular formula is C18H14F3N3O3S. The molecule has 1 aromatic carbocycles. The van der Waals surface area contributed by atoms with E-state index in [2.05, 4.69) is 10.3 Å². The smallest absolute Gasteiger partial charge is 0.421 e. The topological polar surface area (TPSA) is 73.2 Å². The minimum absolute atomic E-state index is 0.255. The predicted molar refractivity (Wildman–Crippen MR) is 98.4 cm³/mol. The van der Waals surface area contributed by atoms with E-state index >= 15 is 0 Å². The van der Waals surface area contributed by atoms with Gasteiger partial charge in [-0.1, -0.05) is 12.1 Å². The molecule has 0 atom stereocenters. The predicted octanol–water partition coefficient (Wildman–Crippen LogP) is 3.64. The first-order chi connectivity index (χ1) is 13.3. The van der Waals surface area contributed by atoms with Gasteiger partial charge < -0.3 is 14.6 Å². The highest BCUT2D eigenvalue weighted by molar-refractivity contribution is 7.14. The number of hydrogen-bond acceptors (Lipinski definition) is 5. The molecule has 2 aromatic heterocycles. The van der Waals surface area contributed by atoms with Crippen molar-refractivity contribution in [1.82, 2.24) is 9.55 Å². The summed E-state index contributed by atoms with van der Waals surface area (Å²) < 4.78 is 44.4. The molecule has 1 N–H and O–H groups in total. The van der Waals surface area contributed by atoms with Crippen molar-refractivity contribution in [3.63, 3.8) is 0 Å². The number of anilines is 1. The maximum Gasteiger partial charge on any atom is 0.421 e. The average molecular weight is 409 g/mol. The second kappa shape index (κ2) is 7.85. The fourth-order valence-electron chi connectivity index (χ4n) is 2.50. The number of para-hydroxylation sites is 1. The molecule has 0 fully saturated rings. The van der Waals surface area contributed by atoms with Crippen LogP contribution in [-0.2, 0) is 17.5 Å². The van der Waals surface area contributed by atoms with Crippen LogP contribution in [0.2, 0.25) is 0 Å². The number of alkyl halides is 3. The van der Waals surface area contributed by atoms with Gasteiger partial charge in [-0.05, 0) is 24.3 Å². The van der Waals surface area contributed by atoms with Gasteiger partial charge in [-0.15, -0.1) is 11.3 Å². The van der Waals surface area contributed by atoms with E-state index in [1.807, 2.05) is 18.2 Å². The summed E-state index contributed by atoms with van der Waals surface area (Å²) in [5.41, 5.74) is -1.29. The highest BCUT2D eigenvalue weighted by atomic mass is 32.1. The number of carbonyl (C=O) groups excluding carboxylic acids is 1. The zero-order chi connectivity index (χ0) is 20.3. The summed E-state index contributed by atoms with van der Waals surface area (Å²) >= 11 is 1.15. The SMILES string of the molecule is COc1ccccc1-c1csc(NC(=O)Cn2cccc(C(F)(F)F)c2=O)n1. The van der Waals surface area contributed by atoms with Crippen molar-refractivity contribution in [1.29, 1.82) is 0 Å². The number of rotatable bonds is 5. The fourth-order valence-corrected chi connectivity index (χ4v) is 3.23. The van der Waals surface area contributed by atoms with Crippen LogP contribution in [-0.4, -0.2) is 22.6 Å². The molecule has 1 amide bonds. The minimum Gasteiger partial charge on any atom is -0.496 e. The number of ether oxygens (including phenoxy) is 1. The molecule has 10 heteroatoms. The molecule has 6 nitrogen and oxygen atoms in total. The lowest BCUT2D eigenvalue weighted by Crippen LogP contribution is -2.31. The first-order valence-electron chi connectivity index (χ1n) is 7.95. The van der Waals surface area contributed by atoms with Gasteiger partial charge in [0.05, 0.1) is 12.8 Å². The first-order valence-corrected chi connectivity index (χ1v) is 8.83. The van der Waals surface area contributed by atoms with Gasteiger partial charge in [0, 0.05) is 17.1 Å². The van der Waals surface area contributed by atoms with Crippen molar-refractivity contribution in [3.05, 3.63) is 63.9 Å².